The Hall–Kier alpha value is -3.09. The SMILES string of the molecule is O=C(COc1ccc(N2CCCC2)nn1)NCCc1c[nH]c2ccccc12. The second-order valence-corrected chi connectivity index (χ2v) is 6.67. The molecule has 1 aliphatic heterocycles. The van der Waals surface area contributed by atoms with Crippen molar-refractivity contribution in [1.29, 1.82) is 0 Å². The summed E-state index contributed by atoms with van der Waals surface area (Å²) in [5.74, 6) is 1.06. The molecule has 2 aromatic heterocycles. The third-order valence-electron chi connectivity index (χ3n) is 4.80. The Morgan fingerprint density at radius 2 is 2.00 bits per heavy atom. The molecular weight excluding hydrogens is 342 g/mol. The number of amides is 1. The Bertz CT molecular complexity index is 900. The Labute approximate surface area is 157 Å². The van der Waals surface area contributed by atoms with Gasteiger partial charge >= 0.3 is 0 Å². The van der Waals surface area contributed by atoms with Crippen molar-refractivity contribution in [1.82, 2.24) is 20.5 Å². The highest BCUT2D eigenvalue weighted by atomic mass is 16.5. The van der Waals surface area contributed by atoms with Gasteiger partial charge in [0, 0.05) is 42.8 Å². The highest BCUT2D eigenvalue weighted by Gasteiger charge is 2.14. The summed E-state index contributed by atoms with van der Waals surface area (Å²) in [5, 5.41) is 12.3. The Kier molecular flexibility index (Phi) is 5.18. The van der Waals surface area contributed by atoms with Crippen LogP contribution in [0.25, 0.3) is 10.9 Å². The third-order valence-corrected chi connectivity index (χ3v) is 4.80. The summed E-state index contributed by atoms with van der Waals surface area (Å²) in [5.41, 5.74) is 2.30. The lowest BCUT2D eigenvalue weighted by atomic mass is 10.1. The van der Waals surface area contributed by atoms with Crippen LogP contribution < -0.4 is 15.0 Å². The fraction of sp³-hybridized carbons (Fsp3) is 0.350. The Morgan fingerprint density at radius 1 is 1.15 bits per heavy atom. The van der Waals surface area contributed by atoms with Gasteiger partial charge < -0.3 is 19.9 Å². The van der Waals surface area contributed by atoms with E-state index < -0.39 is 0 Å². The van der Waals surface area contributed by atoms with Crippen molar-refractivity contribution >= 4 is 22.6 Å². The highest BCUT2D eigenvalue weighted by molar-refractivity contribution is 5.83. The van der Waals surface area contributed by atoms with Gasteiger partial charge in [0.05, 0.1) is 0 Å². The summed E-state index contributed by atoms with van der Waals surface area (Å²) in [7, 11) is 0. The van der Waals surface area contributed by atoms with Crippen LogP contribution in [-0.4, -0.2) is 47.3 Å². The number of aromatic amines is 1. The zero-order valence-electron chi connectivity index (χ0n) is 15.1. The molecule has 7 heteroatoms. The monoisotopic (exact) mass is 365 g/mol. The van der Waals surface area contributed by atoms with Gasteiger partial charge in [0.25, 0.3) is 5.91 Å². The van der Waals surface area contributed by atoms with Gasteiger partial charge in [-0.15, -0.1) is 10.2 Å². The standard InChI is InChI=1S/C20H23N5O2/c26-19(21-10-9-15-13-22-17-6-2-1-5-16(15)17)14-27-20-8-7-18(23-24-20)25-11-3-4-12-25/h1-2,5-8,13,22H,3-4,9-12,14H2,(H,21,26). The van der Waals surface area contributed by atoms with Crippen LogP contribution in [0.2, 0.25) is 0 Å². The first-order chi connectivity index (χ1) is 13.3. The van der Waals surface area contributed by atoms with Crippen molar-refractivity contribution < 1.29 is 9.53 Å². The number of benzene rings is 1. The first-order valence-corrected chi connectivity index (χ1v) is 9.33. The number of para-hydroxylation sites is 1. The maximum atomic E-state index is 12.0. The summed E-state index contributed by atoms with van der Waals surface area (Å²) >= 11 is 0. The number of ether oxygens (including phenoxy) is 1. The molecule has 0 bridgehead atoms. The molecule has 0 radical (unpaired) electrons. The van der Waals surface area contributed by atoms with Gasteiger partial charge in [-0.2, -0.15) is 0 Å². The minimum Gasteiger partial charge on any atom is -0.466 e. The van der Waals surface area contributed by atoms with E-state index in [0.29, 0.717) is 12.4 Å². The van der Waals surface area contributed by atoms with E-state index in [2.05, 4.69) is 31.5 Å². The first-order valence-electron chi connectivity index (χ1n) is 9.33. The minimum atomic E-state index is -0.166. The summed E-state index contributed by atoms with van der Waals surface area (Å²) in [6.45, 7) is 2.54. The van der Waals surface area contributed by atoms with E-state index in [1.54, 1.807) is 6.07 Å². The van der Waals surface area contributed by atoms with Crippen molar-refractivity contribution in [2.24, 2.45) is 0 Å². The molecule has 3 heterocycles. The molecule has 1 saturated heterocycles. The van der Waals surface area contributed by atoms with E-state index in [1.165, 1.54) is 23.8 Å². The van der Waals surface area contributed by atoms with E-state index in [4.69, 9.17) is 4.74 Å². The highest BCUT2D eigenvalue weighted by Crippen LogP contribution is 2.19. The van der Waals surface area contributed by atoms with Crippen LogP contribution in [0.1, 0.15) is 18.4 Å². The van der Waals surface area contributed by atoms with Crippen molar-refractivity contribution in [2.45, 2.75) is 19.3 Å². The second-order valence-electron chi connectivity index (χ2n) is 6.67. The molecule has 3 aromatic rings. The first kappa shape index (κ1) is 17.3. The van der Waals surface area contributed by atoms with Crippen LogP contribution in [0.15, 0.2) is 42.6 Å². The fourth-order valence-electron chi connectivity index (χ4n) is 3.37. The zero-order chi connectivity index (χ0) is 18.5. The van der Waals surface area contributed by atoms with Gasteiger partial charge in [-0.25, -0.2) is 0 Å². The lowest BCUT2D eigenvalue weighted by Gasteiger charge is -2.15. The molecule has 0 unspecified atom stereocenters. The number of rotatable bonds is 7. The zero-order valence-corrected chi connectivity index (χ0v) is 15.1. The predicted molar refractivity (Wildman–Crippen MR) is 104 cm³/mol. The number of carbonyl (C=O) groups excluding carboxylic acids is 1. The van der Waals surface area contributed by atoms with Crippen molar-refractivity contribution in [3.8, 4) is 5.88 Å². The van der Waals surface area contributed by atoms with Crippen LogP contribution in [0.4, 0.5) is 5.82 Å². The Balaban J connectivity index is 1.21. The molecule has 1 amide bonds. The van der Waals surface area contributed by atoms with Crippen LogP contribution >= 0.6 is 0 Å². The lowest BCUT2D eigenvalue weighted by Crippen LogP contribution is -2.30. The van der Waals surface area contributed by atoms with Gasteiger partial charge in [-0.05, 0) is 37.0 Å². The number of carbonyl (C=O) groups is 1. The van der Waals surface area contributed by atoms with Gasteiger partial charge in [0.1, 0.15) is 0 Å². The van der Waals surface area contributed by atoms with E-state index in [0.717, 1.165) is 30.8 Å². The topological polar surface area (TPSA) is 83.1 Å². The maximum Gasteiger partial charge on any atom is 0.258 e. The maximum absolute atomic E-state index is 12.0. The average Bonchev–Trinajstić information content (AvgIpc) is 3.37. The van der Waals surface area contributed by atoms with Crippen molar-refractivity contribution in [3.63, 3.8) is 0 Å². The van der Waals surface area contributed by atoms with Gasteiger partial charge in [-0.1, -0.05) is 18.2 Å². The average molecular weight is 365 g/mol. The smallest absolute Gasteiger partial charge is 0.258 e. The van der Waals surface area contributed by atoms with Crippen LogP contribution in [0.5, 0.6) is 5.88 Å². The Morgan fingerprint density at radius 3 is 2.81 bits per heavy atom. The predicted octanol–water partition coefficient (Wildman–Crippen LogP) is 2.30. The summed E-state index contributed by atoms with van der Waals surface area (Å²) in [4.78, 5) is 17.4. The molecule has 1 fully saturated rings. The molecule has 0 saturated carbocycles. The number of fused-ring (bicyclic) bond motifs is 1. The molecule has 1 aromatic carbocycles. The number of hydrogen-bond acceptors (Lipinski definition) is 5. The normalized spacial score (nSPS) is 13.9. The second kappa shape index (κ2) is 8.07. The molecule has 140 valence electrons. The van der Waals surface area contributed by atoms with E-state index in [-0.39, 0.29) is 12.5 Å². The molecule has 4 rings (SSSR count). The summed E-state index contributed by atoms with van der Waals surface area (Å²) < 4.78 is 5.43. The molecule has 0 spiro atoms. The number of nitrogens with one attached hydrogen (secondary N) is 2. The van der Waals surface area contributed by atoms with Crippen molar-refractivity contribution in [2.75, 3.05) is 31.1 Å². The molecular formula is C20H23N5O2. The van der Waals surface area contributed by atoms with E-state index >= 15 is 0 Å². The largest absolute Gasteiger partial charge is 0.466 e. The third kappa shape index (κ3) is 4.19. The molecule has 7 nitrogen and oxygen atoms in total. The number of aromatic nitrogens is 3. The van der Waals surface area contributed by atoms with Crippen LogP contribution in [0.3, 0.4) is 0 Å². The molecule has 1 aliphatic rings. The molecule has 27 heavy (non-hydrogen) atoms. The van der Waals surface area contributed by atoms with Gasteiger partial charge in [0.15, 0.2) is 12.4 Å². The number of anilines is 1. The van der Waals surface area contributed by atoms with Gasteiger partial charge in [-0.3, -0.25) is 4.79 Å². The molecule has 0 atom stereocenters. The quantitative estimate of drug-likeness (QED) is 0.671. The van der Waals surface area contributed by atoms with E-state index in [1.807, 2.05) is 30.5 Å². The molecule has 2 N–H and O–H groups in total. The fourth-order valence-corrected chi connectivity index (χ4v) is 3.37. The van der Waals surface area contributed by atoms with E-state index in [9.17, 15) is 4.79 Å². The van der Waals surface area contributed by atoms with Crippen molar-refractivity contribution in [3.05, 3.63) is 48.2 Å². The summed E-state index contributed by atoms with van der Waals surface area (Å²) in [6.07, 6.45) is 5.14. The van der Waals surface area contributed by atoms with Crippen LogP contribution in [0, 0.1) is 0 Å². The lowest BCUT2D eigenvalue weighted by molar-refractivity contribution is -0.123. The number of nitrogens with zero attached hydrogens (tertiary/aromatic N) is 3. The summed E-state index contributed by atoms with van der Waals surface area (Å²) in [6, 6.07) is 11.8. The van der Waals surface area contributed by atoms with Gasteiger partial charge in [0.2, 0.25) is 5.88 Å². The van der Waals surface area contributed by atoms with Crippen LogP contribution in [-0.2, 0) is 11.2 Å². The minimum absolute atomic E-state index is 0.0639. The number of hydrogen-bond donors (Lipinski definition) is 2. The molecule has 0 aliphatic carbocycles. The number of H-pyrrole nitrogens is 1.